The molecule has 0 bridgehead atoms. The van der Waals surface area contributed by atoms with Crippen molar-refractivity contribution in [3.05, 3.63) is 94.2 Å². The van der Waals surface area contributed by atoms with Gasteiger partial charge in [-0.1, -0.05) is 42.5 Å². The van der Waals surface area contributed by atoms with Crippen LogP contribution in [0, 0.1) is 10.1 Å². The zero-order valence-electron chi connectivity index (χ0n) is 15.4. The first-order valence-electron chi connectivity index (χ1n) is 8.68. The van der Waals surface area contributed by atoms with E-state index in [9.17, 15) is 19.7 Å². The van der Waals surface area contributed by atoms with Crippen LogP contribution < -0.4 is 10.1 Å². The third-order valence-electron chi connectivity index (χ3n) is 4.05. The number of rotatable bonds is 7. The van der Waals surface area contributed by atoms with Gasteiger partial charge in [-0.15, -0.1) is 0 Å². The lowest BCUT2D eigenvalue weighted by molar-refractivity contribution is -0.390. The third-order valence-corrected chi connectivity index (χ3v) is 4.05. The number of benzene rings is 2. The number of ether oxygens (including phenoxy) is 1. The molecule has 1 aromatic heterocycles. The van der Waals surface area contributed by atoms with Crippen LogP contribution in [0.15, 0.2) is 72.9 Å². The van der Waals surface area contributed by atoms with Crippen molar-refractivity contribution in [1.29, 1.82) is 0 Å². The highest BCUT2D eigenvalue weighted by atomic mass is 16.6. The largest absolute Gasteiger partial charge is 0.467 e. The molecule has 0 aliphatic rings. The fraction of sp³-hybridized carbons (Fsp3) is 0.0952. The molecule has 0 radical (unpaired) electrons. The lowest BCUT2D eigenvalue weighted by atomic mass is 10.1. The summed E-state index contributed by atoms with van der Waals surface area (Å²) in [6.07, 6.45) is 0.107. The molecule has 8 nitrogen and oxygen atoms in total. The Morgan fingerprint density at radius 3 is 2.52 bits per heavy atom. The Balaban J connectivity index is 1.92. The van der Waals surface area contributed by atoms with E-state index in [1.54, 1.807) is 54.6 Å². The zero-order chi connectivity index (χ0) is 20.8. The molecule has 8 heteroatoms. The second kappa shape index (κ2) is 8.75. The quantitative estimate of drug-likeness (QED) is 0.371. The Hall–Kier alpha value is -4.07. The minimum atomic E-state index is -1.17. The Morgan fingerprint density at radius 1 is 1.07 bits per heavy atom. The van der Waals surface area contributed by atoms with Gasteiger partial charge in [-0.3, -0.25) is 9.59 Å². The number of nitrogens with zero attached hydrogens (tertiary/aromatic N) is 2. The van der Waals surface area contributed by atoms with Gasteiger partial charge in [0.05, 0.1) is 0 Å². The fourth-order valence-corrected chi connectivity index (χ4v) is 2.66. The maximum absolute atomic E-state index is 13.0. The molecule has 1 heterocycles. The van der Waals surface area contributed by atoms with Crippen LogP contribution in [-0.2, 0) is 4.79 Å². The van der Waals surface area contributed by atoms with Crippen LogP contribution in [0.25, 0.3) is 0 Å². The topological polar surface area (TPSA) is 111 Å². The number of anilines is 1. The van der Waals surface area contributed by atoms with Gasteiger partial charge >= 0.3 is 5.82 Å². The summed E-state index contributed by atoms with van der Waals surface area (Å²) in [5.74, 6) is -1.29. The highest BCUT2D eigenvalue weighted by Gasteiger charge is 2.27. The van der Waals surface area contributed by atoms with Crippen molar-refractivity contribution < 1.29 is 19.2 Å². The average Bonchev–Trinajstić information content (AvgIpc) is 2.73. The van der Waals surface area contributed by atoms with Gasteiger partial charge in [0.15, 0.2) is 5.78 Å². The maximum atomic E-state index is 13.0. The average molecular weight is 391 g/mol. The number of aromatic nitrogens is 1. The normalized spacial score (nSPS) is 11.3. The molecule has 0 saturated heterocycles. The van der Waals surface area contributed by atoms with Crippen molar-refractivity contribution in [2.45, 2.75) is 13.0 Å². The summed E-state index contributed by atoms with van der Waals surface area (Å²) in [5, 5.41) is 13.9. The number of hydrogen-bond donors (Lipinski definition) is 1. The molecular weight excluding hydrogens is 374 g/mol. The smallest absolute Gasteiger partial charge is 0.406 e. The van der Waals surface area contributed by atoms with E-state index in [1.165, 1.54) is 25.3 Å². The van der Waals surface area contributed by atoms with E-state index in [2.05, 4.69) is 10.3 Å². The summed E-state index contributed by atoms with van der Waals surface area (Å²) >= 11 is 0. The van der Waals surface area contributed by atoms with Crippen molar-refractivity contribution in [1.82, 2.24) is 4.98 Å². The third kappa shape index (κ3) is 4.81. The van der Waals surface area contributed by atoms with E-state index in [0.29, 0.717) is 16.8 Å². The Morgan fingerprint density at radius 2 is 1.83 bits per heavy atom. The first kappa shape index (κ1) is 19.7. The Kier molecular flexibility index (Phi) is 5.94. The predicted molar refractivity (Wildman–Crippen MR) is 106 cm³/mol. The number of carbonyl (C=O) groups excluding carboxylic acids is 2. The molecule has 29 heavy (non-hydrogen) atoms. The Bertz CT molecular complexity index is 1050. The van der Waals surface area contributed by atoms with E-state index in [4.69, 9.17) is 4.74 Å². The standard InChI is InChI=1S/C21H17N3O5/c1-14(25)16-9-5-10-17(13-16)23-21(26)19(15-7-3-2-4-8-15)29-18-11-6-12-22-20(18)24(27)28/h2-13,19H,1H3,(H,23,26). The molecular formula is C21H17N3O5. The lowest BCUT2D eigenvalue weighted by Gasteiger charge is -2.19. The molecule has 0 spiro atoms. The highest BCUT2D eigenvalue weighted by Crippen LogP contribution is 2.29. The summed E-state index contributed by atoms with van der Waals surface area (Å²) in [7, 11) is 0. The second-order valence-electron chi connectivity index (χ2n) is 6.12. The van der Waals surface area contributed by atoms with Gasteiger partial charge < -0.3 is 20.2 Å². The molecule has 1 amide bonds. The van der Waals surface area contributed by atoms with E-state index < -0.39 is 22.8 Å². The summed E-state index contributed by atoms with van der Waals surface area (Å²) < 4.78 is 5.72. The molecule has 146 valence electrons. The van der Waals surface area contributed by atoms with E-state index in [-0.39, 0.29) is 11.5 Å². The molecule has 0 aliphatic heterocycles. The van der Waals surface area contributed by atoms with Gasteiger partial charge in [-0.25, -0.2) is 0 Å². The first-order chi connectivity index (χ1) is 14.0. The number of pyridine rings is 1. The lowest BCUT2D eigenvalue weighted by Crippen LogP contribution is -2.26. The second-order valence-corrected chi connectivity index (χ2v) is 6.12. The molecule has 1 atom stereocenters. The SMILES string of the molecule is CC(=O)c1cccc(NC(=O)C(Oc2cccnc2[N+](=O)[O-])c2ccccc2)c1. The number of nitrogens with one attached hydrogen (secondary N) is 1. The van der Waals surface area contributed by atoms with Gasteiger partial charge in [0.25, 0.3) is 5.91 Å². The van der Waals surface area contributed by atoms with Crippen molar-refractivity contribution in [3.8, 4) is 5.75 Å². The number of carbonyl (C=O) groups is 2. The predicted octanol–water partition coefficient (Wildman–Crippen LogP) is 3.95. The molecule has 1 N–H and O–H groups in total. The van der Waals surface area contributed by atoms with E-state index in [1.807, 2.05) is 0 Å². The van der Waals surface area contributed by atoms with Gasteiger partial charge in [-0.05, 0) is 41.1 Å². The van der Waals surface area contributed by atoms with Crippen molar-refractivity contribution in [3.63, 3.8) is 0 Å². The van der Waals surface area contributed by atoms with Crippen LogP contribution in [0.5, 0.6) is 5.75 Å². The maximum Gasteiger partial charge on any atom is 0.406 e. The molecule has 0 saturated carbocycles. The minimum absolute atomic E-state index is 0.126. The summed E-state index contributed by atoms with van der Waals surface area (Å²) in [5.41, 5.74) is 1.36. The van der Waals surface area contributed by atoms with Gasteiger partial charge in [0, 0.05) is 16.8 Å². The Labute approximate surface area is 166 Å². The number of hydrogen-bond acceptors (Lipinski definition) is 6. The van der Waals surface area contributed by atoms with Gasteiger partial charge in [0.1, 0.15) is 6.20 Å². The molecule has 3 aromatic rings. The van der Waals surface area contributed by atoms with Crippen LogP contribution in [0.4, 0.5) is 11.5 Å². The van der Waals surface area contributed by atoms with Crippen LogP contribution >= 0.6 is 0 Å². The first-order valence-corrected chi connectivity index (χ1v) is 8.68. The number of ketones is 1. The summed E-state index contributed by atoms with van der Waals surface area (Å²) in [4.78, 5) is 38.8. The number of nitro groups is 1. The highest BCUT2D eigenvalue weighted by molar-refractivity contribution is 5.98. The number of amides is 1. The summed E-state index contributed by atoms with van der Waals surface area (Å²) in [6.45, 7) is 1.43. The van der Waals surface area contributed by atoms with Crippen molar-refractivity contribution in [2.24, 2.45) is 0 Å². The van der Waals surface area contributed by atoms with Crippen LogP contribution in [-0.4, -0.2) is 21.6 Å². The monoisotopic (exact) mass is 391 g/mol. The zero-order valence-corrected chi connectivity index (χ0v) is 15.4. The summed E-state index contributed by atoms with van der Waals surface area (Å²) in [6, 6.07) is 17.9. The van der Waals surface area contributed by atoms with E-state index in [0.717, 1.165) is 0 Å². The van der Waals surface area contributed by atoms with Crippen molar-refractivity contribution >= 4 is 23.2 Å². The van der Waals surface area contributed by atoms with Crippen LogP contribution in [0.3, 0.4) is 0 Å². The van der Waals surface area contributed by atoms with E-state index >= 15 is 0 Å². The molecule has 2 aromatic carbocycles. The number of Topliss-reactive ketones (excluding diaryl/α,β-unsaturated/α-hetero) is 1. The van der Waals surface area contributed by atoms with Crippen LogP contribution in [0.2, 0.25) is 0 Å². The van der Waals surface area contributed by atoms with Gasteiger partial charge in [-0.2, -0.15) is 0 Å². The fourth-order valence-electron chi connectivity index (χ4n) is 2.66. The van der Waals surface area contributed by atoms with Gasteiger partial charge in [0.2, 0.25) is 11.9 Å². The van der Waals surface area contributed by atoms with Crippen molar-refractivity contribution in [2.75, 3.05) is 5.32 Å². The molecule has 1 unspecified atom stereocenters. The molecule has 0 aliphatic carbocycles. The minimum Gasteiger partial charge on any atom is -0.467 e. The molecule has 3 rings (SSSR count). The molecule has 0 fully saturated rings. The van der Waals surface area contributed by atoms with Crippen LogP contribution in [0.1, 0.15) is 28.9 Å².